The van der Waals surface area contributed by atoms with Crippen molar-refractivity contribution in [3.8, 4) is 0 Å². The minimum atomic E-state index is -3.64. The molecular weight excluding hydrogens is 346 g/mol. The first kappa shape index (κ1) is 16.8. The summed E-state index contributed by atoms with van der Waals surface area (Å²) in [6.07, 6.45) is 0.805. The van der Waals surface area contributed by atoms with Crippen LogP contribution >= 0.6 is 11.3 Å². The first-order chi connectivity index (χ1) is 11.5. The smallest absolute Gasteiger partial charge is 0.271 e. The van der Waals surface area contributed by atoms with Crippen molar-refractivity contribution < 1.29 is 13.2 Å². The molecule has 0 radical (unpaired) electrons. The van der Waals surface area contributed by atoms with Crippen LogP contribution in [-0.4, -0.2) is 34.0 Å². The quantitative estimate of drug-likeness (QED) is 0.850. The summed E-state index contributed by atoms with van der Waals surface area (Å²) in [5.74, 6) is -0.0650. The lowest BCUT2D eigenvalue weighted by molar-refractivity contribution is -0.120. The Hall–Kier alpha value is -2.06. The fourth-order valence-corrected chi connectivity index (χ4v) is 4.94. The average Bonchev–Trinajstić information content (AvgIpc) is 3.05. The normalized spacial score (nSPS) is 15.2. The van der Waals surface area contributed by atoms with E-state index in [1.165, 1.54) is 11.3 Å². The van der Waals surface area contributed by atoms with Gasteiger partial charge in [-0.05, 0) is 30.7 Å². The number of nitrogens with zero attached hydrogens (tertiary/aromatic N) is 1. The number of thiophene rings is 1. The van der Waals surface area contributed by atoms with Gasteiger partial charge in [0.25, 0.3) is 10.0 Å². The van der Waals surface area contributed by atoms with Gasteiger partial charge in [-0.25, -0.2) is 8.42 Å². The molecule has 3 rings (SSSR count). The number of piperazine rings is 1. The second-order valence-corrected chi connectivity index (χ2v) is 8.55. The van der Waals surface area contributed by atoms with E-state index >= 15 is 0 Å². The Morgan fingerprint density at radius 3 is 2.75 bits per heavy atom. The van der Waals surface area contributed by atoms with E-state index in [-0.39, 0.29) is 12.5 Å². The number of rotatable bonds is 5. The summed E-state index contributed by atoms with van der Waals surface area (Å²) >= 11 is 1.27. The maximum atomic E-state index is 12.6. The molecule has 0 spiro atoms. The monoisotopic (exact) mass is 365 g/mol. The van der Waals surface area contributed by atoms with Crippen LogP contribution < -0.4 is 14.9 Å². The van der Waals surface area contributed by atoms with Gasteiger partial charge in [-0.2, -0.15) is 0 Å². The molecule has 1 aromatic carbocycles. The van der Waals surface area contributed by atoms with Crippen molar-refractivity contribution in [2.45, 2.75) is 17.6 Å². The van der Waals surface area contributed by atoms with Gasteiger partial charge in [0.2, 0.25) is 5.91 Å². The van der Waals surface area contributed by atoms with Gasteiger partial charge in [0, 0.05) is 18.0 Å². The number of para-hydroxylation sites is 2. The Labute approximate surface area is 145 Å². The van der Waals surface area contributed by atoms with Gasteiger partial charge in [0.15, 0.2) is 0 Å². The molecule has 128 valence electrons. The standard InChI is InChI=1S/C16H19N3O3S2/c1-2-12-7-8-16(23-12)24(21,22)18-13-5-3-4-6-14(13)19-10-9-17-15(20)11-19/h3-8,18H,2,9-11H2,1H3,(H,17,20). The Morgan fingerprint density at radius 2 is 2.04 bits per heavy atom. The van der Waals surface area contributed by atoms with E-state index in [1.807, 2.05) is 30.0 Å². The zero-order chi connectivity index (χ0) is 17.2. The predicted octanol–water partition coefficient (Wildman–Crippen LogP) is 2.05. The minimum absolute atomic E-state index is 0.0650. The lowest BCUT2D eigenvalue weighted by atomic mass is 10.2. The van der Waals surface area contributed by atoms with Crippen molar-refractivity contribution in [1.29, 1.82) is 0 Å². The van der Waals surface area contributed by atoms with Crippen LogP contribution in [0.15, 0.2) is 40.6 Å². The lowest BCUT2D eigenvalue weighted by Gasteiger charge is -2.30. The molecule has 1 aliphatic heterocycles. The number of carbonyl (C=O) groups is 1. The molecule has 2 aromatic rings. The molecule has 2 heterocycles. The number of nitrogens with one attached hydrogen (secondary N) is 2. The summed E-state index contributed by atoms with van der Waals surface area (Å²) in [6, 6.07) is 10.6. The van der Waals surface area contributed by atoms with Crippen molar-refractivity contribution in [3.05, 3.63) is 41.3 Å². The molecule has 8 heteroatoms. The van der Waals surface area contributed by atoms with E-state index in [2.05, 4.69) is 10.0 Å². The average molecular weight is 365 g/mol. The number of carbonyl (C=O) groups excluding carboxylic acids is 1. The molecule has 0 unspecified atom stereocenters. The highest BCUT2D eigenvalue weighted by molar-refractivity contribution is 7.94. The molecule has 1 aromatic heterocycles. The molecule has 0 aliphatic carbocycles. The summed E-state index contributed by atoms with van der Waals surface area (Å²) in [6.45, 7) is 3.40. The second-order valence-electron chi connectivity index (χ2n) is 5.47. The number of amides is 1. The molecule has 6 nitrogen and oxygen atoms in total. The molecule has 24 heavy (non-hydrogen) atoms. The van der Waals surface area contributed by atoms with Gasteiger partial charge >= 0.3 is 0 Å². The molecule has 1 amide bonds. The predicted molar refractivity (Wildman–Crippen MR) is 96.2 cm³/mol. The number of aryl methyl sites for hydroxylation is 1. The zero-order valence-corrected chi connectivity index (χ0v) is 14.9. The maximum absolute atomic E-state index is 12.6. The highest BCUT2D eigenvalue weighted by atomic mass is 32.2. The first-order valence-electron chi connectivity index (χ1n) is 7.72. The Balaban J connectivity index is 1.88. The van der Waals surface area contributed by atoms with Crippen LogP contribution in [0.4, 0.5) is 11.4 Å². The van der Waals surface area contributed by atoms with Gasteiger partial charge in [0.05, 0.1) is 17.9 Å². The third kappa shape index (κ3) is 3.54. The molecular formula is C16H19N3O3S2. The lowest BCUT2D eigenvalue weighted by Crippen LogP contribution is -2.47. The Bertz CT molecular complexity index is 846. The van der Waals surface area contributed by atoms with Gasteiger partial charge in [-0.15, -0.1) is 11.3 Å². The molecule has 1 fully saturated rings. The largest absolute Gasteiger partial charge is 0.359 e. The highest BCUT2D eigenvalue weighted by Crippen LogP contribution is 2.30. The summed E-state index contributed by atoms with van der Waals surface area (Å²) in [5, 5.41) is 2.77. The Kier molecular flexibility index (Phi) is 4.77. The zero-order valence-electron chi connectivity index (χ0n) is 13.3. The van der Waals surface area contributed by atoms with Gasteiger partial charge in [-0.1, -0.05) is 19.1 Å². The fourth-order valence-electron chi connectivity index (χ4n) is 2.57. The van der Waals surface area contributed by atoms with Gasteiger partial charge < -0.3 is 10.2 Å². The third-order valence-corrected chi connectivity index (χ3v) is 6.86. The van der Waals surface area contributed by atoms with Gasteiger partial charge in [-0.3, -0.25) is 9.52 Å². The highest BCUT2D eigenvalue weighted by Gasteiger charge is 2.22. The van der Waals surface area contributed by atoms with Crippen LogP contribution in [-0.2, 0) is 21.2 Å². The molecule has 1 saturated heterocycles. The number of benzene rings is 1. The van der Waals surface area contributed by atoms with Crippen LogP contribution in [0, 0.1) is 0 Å². The van der Waals surface area contributed by atoms with E-state index in [9.17, 15) is 13.2 Å². The molecule has 0 bridgehead atoms. The summed E-state index contributed by atoms with van der Waals surface area (Å²) in [4.78, 5) is 14.5. The van der Waals surface area contributed by atoms with Crippen LogP contribution in [0.5, 0.6) is 0 Å². The SMILES string of the molecule is CCc1ccc(S(=O)(=O)Nc2ccccc2N2CCNC(=O)C2)s1. The van der Waals surface area contributed by atoms with E-state index in [0.717, 1.165) is 11.3 Å². The van der Waals surface area contributed by atoms with Crippen LogP contribution in [0.25, 0.3) is 0 Å². The van der Waals surface area contributed by atoms with Crippen molar-refractivity contribution in [2.24, 2.45) is 0 Å². The summed E-state index contributed by atoms with van der Waals surface area (Å²) in [7, 11) is -3.64. The number of sulfonamides is 1. The number of anilines is 2. The van der Waals surface area contributed by atoms with E-state index in [4.69, 9.17) is 0 Å². The summed E-state index contributed by atoms with van der Waals surface area (Å²) in [5.41, 5.74) is 1.20. The maximum Gasteiger partial charge on any atom is 0.271 e. The number of hydrogen-bond acceptors (Lipinski definition) is 5. The van der Waals surface area contributed by atoms with Crippen molar-refractivity contribution in [2.75, 3.05) is 29.3 Å². The van der Waals surface area contributed by atoms with Crippen molar-refractivity contribution >= 4 is 38.6 Å². The van der Waals surface area contributed by atoms with E-state index in [0.29, 0.717) is 28.7 Å². The van der Waals surface area contributed by atoms with Crippen LogP contribution in [0.2, 0.25) is 0 Å². The van der Waals surface area contributed by atoms with E-state index in [1.54, 1.807) is 18.2 Å². The van der Waals surface area contributed by atoms with E-state index < -0.39 is 10.0 Å². The van der Waals surface area contributed by atoms with Crippen LogP contribution in [0.1, 0.15) is 11.8 Å². The topological polar surface area (TPSA) is 78.5 Å². The summed E-state index contributed by atoms with van der Waals surface area (Å²) < 4.78 is 28.2. The van der Waals surface area contributed by atoms with Crippen molar-refractivity contribution in [3.63, 3.8) is 0 Å². The first-order valence-corrected chi connectivity index (χ1v) is 10.0. The minimum Gasteiger partial charge on any atom is -0.359 e. The molecule has 1 aliphatic rings. The number of hydrogen-bond donors (Lipinski definition) is 2. The molecule has 0 atom stereocenters. The van der Waals surface area contributed by atoms with Crippen molar-refractivity contribution in [1.82, 2.24) is 5.32 Å². The fraction of sp³-hybridized carbons (Fsp3) is 0.312. The van der Waals surface area contributed by atoms with Crippen LogP contribution in [0.3, 0.4) is 0 Å². The second kappa shape index (κ2) is 6.82. The third-order valence-electron chi connectivity index (χ3n) is 3.78. The van der Waals surface area contributed by atoms with Gasteiger partial charge in [0.1, 0.15) is 4.21 Å². The molecule has 0 saturated carbocycles. The molecule has 2 N–H and O–H groups in total. The Morgan fingerprint density at radius 1 is 1.25 bits per heavy atom.